The molecular weight excluding hydrogens is 398 g/mol. The quantitative estimate of drug-likeness (QED) is 0.443. The van der Waals surface area contributed by atoms with Gasteiger partial charge >= 0.3 is 5.97 Å². The summed E-state index contributed by atoms with van der Waals surface area (Å²) in [7, 11) is 0. The number of aromatic carboxylic acids is 1. The average Bonchev–Trinajstić information content (AvgIpc) is 3.02. The summed E-state index contributed by atoms with van der Waals surface area (Å²) >= 11 is 0. The molecule has 1 aliphatic carbocycles. The molecule has 1 aliphatic rings. The van der Waals surface area contributed by atoms with E-state index in [-0.39, 0.29) is 5.41 Å². The molecule has 5 heteroatoms. The topological polar surface area (TPSA) is 67.2 Å². The van der Waals surface area contributed by atoms with E-state index in [1.54, 1.807) is 6.07 Å². The first-order valence-corrected chi connectivity index (χ1v) is 11.7. The van der Waals surface area contributed by atoms with E-state index in [1.807, 2.05) is 13.0 Å². The number of nitrogens with zero attached hydrogens (tertiary/aromatic N) is 2. The second-order valence-electron chi connectivity index (χ2n) is 10.7. The van der Waals surface area contributed by atoms with Gasteiger partial charge in [-0.25, -0.2) is 9.78 Å². The molecule has 2 N–H and O–H groups in total. The van der Waals surface area contributed by atoms with Crippen LogP contribution in [-0.2, 0) is 0 Å². The minimum absolute atomic E-state index is 0.255. The van der Waals surface area contributed by atoms with Gasteiger partial charge in [-0.1, -0.05) is 46.8 Å². The molecule has 0 saturated heterocycles. The first-order chi connectivity index (χ1) is 15.0. The van der Waals surface area contributed by atoms with Crippen LogP contribution in [0.3, 0.4) is 0 Å². The highest BCUT2D eigenvalue weighted by Crippen LogP contribution is 2.46. The van der Waals surface area contributed by atoms with Crippen molar-refractivity contribution < 1.29 is 9.90 Å². The van der Waals surface area contributed by atoms with Gasteiger partial charge in [0.2, 0.25) is 5.95 Å². The molecule has 32 heavy (non-hydrogen) atoms. The Morgan fingerprint density at radius 2 is 1.88 bits per heavy atom. The zero-order valence-corrected chi connectivity index (χ0v) is 20.1. The number of aryl methyl sites for hydroxylation is 1. The molecule has 4 rings (SSSR count). The van der Waals surface area contributed by atoms with Gasteiger partial charge in [0.25, 0.3) is 0 Å². The number of carbonyl (C=O) groups is 1. The Bertz CT molecular complexity index is 1140. The summed E-state index contributed by atoms with van der Waals surface area (Å²) in [6.07, 6.45) is 3.39. The average molecular weight is 434 g/mol. The Kier molecular flexibility index (Phi) is 5.78. The lowest BCUT2D eigenvalue weighted by Gasteiger charge is -2.40. The van der Waals surface area contributed by atoms with Gasteiger partial charge in [0, 0.05) is 11.7 Å². The van der Waals surface area contributed by atoms with Crippen LogP contribution in [0.5, 0.6) is 0 Å². The third-order valence-electron chi connectivity index (χ3n) is 6.83. The molecule has 0 bridgehead atoms. The lowest BCUT2D eigenvalue weighted by molar-refractivity contribution is 0.0696. The van der Waals surface area contributed by atoms with Gasteiger partial charge in [-0.3, -0.25) is 0 Å². The van der Waals surface area contributed by atoms with Crippen molar-refractivity contribution in [1.29, 1.82) is 0 Å². The number of hydrogen-bond donors (Lipinski definition) is 2. The van der Waals surface area contributed by atoms with Crippen molar-refractivity contribution in [3.8, 4) is 0 Å². The normalized spacial score (nSPS) is 20.6. The lowest BCUT2D eigenvalue weighted by atomic mass is 9.70. The van der Waals surface area contributed by atoms with Crippen LogP contribution in [0.15, 0.2) is 36.4 Å². The van der Waals surface area contributed by atoms with Crippen molar-refractivity contribution in [1.82, 2.24) is 9.55 Å². The Hall–Kier alpha value is -2.82. The first kappa shape index (κ1) is 22.4. The van der Waals surface area contributed by atoms with Gasteiger partial charge in [0.05, 0.1) is 16.6 Å². The van der Waals surface area contributed by atoms with Crippen LogP contribution >= 0.6 is 0 Å². The molecule has 2 atom stereocenters. The Morgan fingerprint density at radius 1 is 1.19 bits per heavy atom. The van der Waals surface area contributed by atoms with Crippen LogP contribution in [-0.4, -0.2) is 20.6 Å². The maximum absolute atomic E-state index is 11.7. The lowest BCUT2D eigenvalue weighted by Crippen LogP contribution is -2.29. The molecule has 3 aromatic rings. The summed E-state index contributed by atoms with van der Waals surface area (Å²) in [6, 6.07) is 12.5. The Balaban J connectivity index is 1.82. The van der Waals surface area contributed by atoms with Gasteiger partial charge < -0.3 is 15.0 Å². The third kappa shape index (κ3) is 4.38. The molecule has 170 valence electrons. The monoisotopic (exact) mass is 433 g/mol. The van der Waals surface area contributed by atoms with Crippen LogP contribution in [0.25, 0.3) is 11.0 Å². The standard InChI is InChI=1S/C27H35N3O2/c1-16(2)19-7-9-20(10-8-19)28-26-29-23-13-22(25(31)32)18(4)12-24(23)30(26)21-11-17(3)14-27(5,6)15-21/h7-10,12-13,16-17,21H,11,14-15H2,1-6H3,(H,28,29)(H,31,32). The first-order valence-electron chi connectivity index (χ1n) is 11.7. The summed E-state index contributed by atoms with van der Waals surface area (Å²) in [6.45, 7) is 13.3. The number of aromatic nitrogens is 2. The predicted octanol–water partition coefficient (Wildman–Crippen LogP) is 7.30. The molecule has 1 aromatic heterocycles. The second kappa shape index (κ2) is 8.27. The number of benzene rings is 2. The van der Waals surface area contributed by atoms with E-state index >= 15 is 0 Å². The fraction of sp³-hybridized carbons (Fsp3) is 0.481. The van der Waals surface area contributed by atoms with E-state index in [1.165, 1.54) is 12.0 Å². The molecule has 0 spiro atoms. The number of rotatable bonds is 5. The molecule has 1 heterocycles. The molecule has 0 radical (unpaired) electrons. The summed E-state index contributed by atoms with van der Waals surface area (Å²) in [4.78, 5) is 16.6. The van der Waals surface area contributed by atoms with Crippen LogP contribution < -0.4 is 5.32 Å². The Morgan fingerprint density at radius 3 is 2.47 bits per heavy atom. The smallest absolute Gasteiger partial charge is 0.336 e. The van der Waals surface area contributed by atoms with Crippen LogP contribution in [0, 0.1) is 18.3 Å². The highest BCUT2D eigenvalue weighted by molar-refractivity contribution is 5.95. The number of anilines is 2. The highest BCUT2D eigenvalue weighted by Gasteiger charge is 2.35. The van der Waals surface area contributed by atoms with Gasteiger partial charge in [0.15, 0.2) is 0 Å². The number of carboxylic acids is 1. The Labute approximate surface area is 190 Å². The summed E-state index contributed by atoms with van der Waals surface area (Å²) in [5, 5.41) is 13.1. The van der Waals surface area contributed by atoms with Gasteiger partial charge in [0.1, 0.15) is 0 Å². The van der Waals surface area contributed by atoms with Crippen LogP contribution in [0.4, 0.5) is 11.6 Å². The summed E-state index contributed by atoms with van der Waals surface area (Å²) in [5.41, 5.74) is 5.35. The highest BCUT2D eigenvalue weighted by atomic mass is 16.4. The predicted molar refractivity (Wildman–Crippen MR) is 131 cm³/mol. The molecule has 2 unspecified atom stereocenters. The van der Waals surface area contributed by atoms with Crippen molar-refractivity contribution in [2.45, 2.75) is 72.8 Å². The maximum atomic E-state index is 11.7. The van der Waals surface area contributed by atoms with E-state index in [0.29, 0.717) is 23.4 Å². The molecule has 0 aliphatic heterocycles. The van der Waals surface area contributed by atoms with Crippen molar-refractivity contribution in [3.05, 3.63) is 53.1 Å². The van der Waals surface area contributed by atoms with Crippen molar-refractivity contribution >= 4 is 28.6 Å². The third-order valence-corrected chi connectivity index (χ3v) is 6.83. The van der Waals surface area contributed by atoms with E-state index in [9.17, 15) is 9.90 Å². The van der Waals surface area contributed by atoms with E-state index < -0.39 is 5.97 Å². The molecule has 1 saturated carbocycles. The van der Waals surface area contributed by atoms with Gasteiger partial charge in [-0.2, -0.15) is 0 Å². The fourth-order valence-electron chi connectivity index (χ4n) is 5.51. The number of fused-ring (bicyclic) bond motifs is 1. The molecule has 0 amide bonds. The van der Waals surface area contributed by atoms with Gasteiger partial charge in [-0.15, -0.1) is 0 Å². The minimum atomic E-state index is -0.912. The second-order valence-corrected chi connectivity index (χ2v) is 10.7. The maximum Gasteiger partial charge on any atom is 0.336 e. The summed E-state index contributed by atoms with van der Waals surface area (Å²) in [5.74, 6) is 0.982. The van der Waals surface area contributed by atoms with Crippen LogP contribution in [0.1, 0.15) is 87.3 Å². The van der Waals surface area contributed by atoms with Crippen molar-refractivity contribution in [2.75, 3.05) is 5.32 Å². The van der Waals surface area contributed by atoms with E-state index in [2.05, 4.69) is 68.8 Å². The molecular formula is C27H35N3O2. The number of carboxylic acid groups (broad SMARTS) is 1. The zero-order chi connectivity index (χ0) is 23.2. The minimum Gasteiger partial charge on any atom is -0.478 e. The number of imidazole rings is 1. The molecule has 5 nitrogen and oxygen atoms in total. The van der Waals surface area contributed by atoms with E-state index in [4.69, 9.17) is 4.98 Å². The van der Waals surface area contributed by atoms with Crippen LogP contribution in [0.2, 0.25) is 0 Å². The fourth-order valence-corrected chi connectivity index (χ4v) is 5.51. The summed E-state index contributed by atoms with van der Waals surface area (Å²) < 4.78 is 2.32. The van der Waals surface area contributed by atoms with E-state index in [0.717, 1.165) is 41.1 Å². The number of nitrogens with one attached hydrogen (secondary N) is 1. The largest absolute Gasteiger partial charge is 0.478 e. The SMILES string of the molecule is Cc1cc2c(cc1C(=O)O)nc(Nc1ccc(C(C)C)cc1)n2C1CC(C)CC(C)(C)C1. The molecule has 2 aromatic carbocycles. The number of hydrogen-bond acceptors (Lipinski definition) is 3. The zero-order valence-electron chi connectivity index (χ0n) is 20.1. The molecule has 1 fully saturated rings. The van der Waals surface area contributed by atoms with Crippen molar-refractivity contribution in [3.63, 3.8) is 0 Å². The van der Waals surface area contributed by atoms with Gasteiger partial charge in [-0.05, 0) is 78.8 Å². The van der Waals surface area contributed by atoms with Crippen molar-refractivity contribution in [2.24, 2.45) is 11.3 Å².